The van der Waals surface area contributed by atoms with Crippen molar-refractivity contribution in [2.45, 2.75) is 30.6 Å². The maximum atomic E-state index is 12.0. The maximum absolute atomic E-state index is 12.0. The number of rotatable bonds is 4. The Bertz CT molecular complexity index is 450. The number of hydrogen-bond donors (Lipinski definition) is 3. The first-order valence-electron chi connectivity index (χ1n) is 6.47. The number of hydrogen-bond acceptors (Lipinski definition) is 3. The van der Waals surface area contributed by atoms with E-state index >= 15 is 0 Å². The number of thiol groups is 1. The van der Waals surface area contributed by atoms with Gasteiger partial charge in [-0.2, -0.15) is 12.6 Å². The fraction of sp³-hybridized carbons (Fsp3) is 0.429. The Morgan fingerprint density at radius 2 is 2.16 bits per heavy atom. The zero-order chi connectivity index (χ0) is 13.7. The number of carbonyl (C=O) groups excluding carboxylic acids is 2. The van der Waals surface area contributed by atoms with Gasteiger partial charge in [-0.3, -0.25) is 9.59 Å². The molecule has 1 aliphatic rings. The zero-order valence-electron chi connectivity index (χ0n) is 10.6. The van der Waals surface area contributed by atoms with Crippen molar-refractivity contribution in [3.63, 3.8) is 0 Å². The minimum absolute atomic E-state index is 0.0974. The number of piperidine rings is 1. The van der Waals surface area contributed by atoms with Gasteiger partial charge in [0.2, 0.25) is 11.8 Å². The summed E-state index contributed by atoms with van der Waals surface area (Å²) in [5.41, 5.74) is 1.06. The van der Waals surface area contributed by atoms with Crippen LogP contribution in [-0.4, -0.2) is 29.7 Å². The Balaban J connectivity index is 1.87. The molecule has 1 aromatic rings. The molecule has 0 spiro atoms. The number of benzene rings is 1. The van der Waals surface area contributed by atoms with Crippen LogP contribution in [0.2, 0.25) is 0 Å². The van der Waals surface area contributed by atoms with Crippen molar-refractivity contribution in [3.8, 4) is 0 Å². The van der Waals surface area contributed by atoms with E-state index in [2.05, 4.69) is 23.3 Å². The highest BCUT2D eigenvalue weighted by molar-refractivity contribution is 7.81. The highest BCUT2D eigenvalue weighted by atomic mass is 32.1. The lowest BCUT2D eigenvalue weighted by molar-refractivity contribution is -0.129. The van der Waals surface area contributed by atoms with Gasteiger partial charge in [0.15, 0.2) is 0 Å². The van der Waals surface area contributed by atoms with Crippen molar-refractivity contribution in [1.82, 2.24) is 10.6 Å². The van der Waals surface area contributed by atoms with Gasteiger partial charge >= 0.3 is 0 Å². The molecular formula is C14H18N2O2S. The SMILES string of the molecule is O=C(NC1CCCNC1=O)C(S)Cc1ccccc1. The van der Waals surface area contributed by atoms with Gasteiger partial charge < -0.3 is 10.6 Å². The maximum Gasteiger partial charge on any atom is 0.242 e. The second kappa shape index (κ2) is 6.61. The molecule has 2 N–H and O–H groups in total. The van der Waals surface area contributed by atoms with Gasteiger partial charge in [-0.1, -0.05) is 30.3 Å². The summed E-state index contributed by atoms with van der Waals surface area (Å²) in [4.78, 5) is 23.6. The molecule has 0 bridgehead atoms. The smallest absolute Gasteiger partial charge is 0.242 e. The molecule has 2 unspecified atom stereocenters. The monoisotopic (exact) mass is 278 g/mol. The molecule has 5 heteroatoms. The lowest BCUT2D eigenvalue weighted by Crippen LogP contribution is -2.52. The molecule has 1 aliphatic heterocycles. The summed E-state index contributed by atoms with van der Waals surface area (Å²) in [5.74, 6) is -0.283. The van der Waals surface area contributed by atoms with E-state index < -0.39 is 11.3 Å². The van der Waals surface area contributed by atoms with Crippen molar-refractivity contribution in [3.05, 3.63) is 35.9 Å². The van der Waals surface area contributed by atoms with E-state index in [1.165, 1.54) is 0 Å². The van der Waals surface area contributed by atoms with Crippen LogP contribution in [0.1, 0.15) is 18.4 Å². The first kappa shape index (κ1) is 13.9. The lowest BCUT2D eigenvalue weighted by Gasteiger charge is -2.24. The molecule has 0 aromatic heterocycles. The number of carbonyl (C=O) groups is 2. The Labute approximate surface area is 118 Å². The molecular weight excluding hydrogens is 260 g/mol. The third kappa shape index (κ3) is 3.99. The molecule has 102 valence electrons. The van der Waals surface area contributed by atoms with Crippen LogP contribution >= 0.6 is 12.6 Å². The normalized spacial score (nSPS) is 20.5. The highest BCUT2D eigenvalue weighted by Gasteiger charge is 2.25. The minimum Gasteiger partial charge on any atom is -0.354 e. The highest BCUT2D eigenvalue weighted by Crippen LogP contribution is 2.09. The summed E-state index contributed by atoms with van der Waals surface area (Å²) >= 11 is 4.32. The Morgan fingerprint density at radius 1 is 1.42 bits per heavy atom. The van der Waals surface area contributed by atoms with E-state index in [9.17, 15) is 9.59 Å². The van der Waals surface area contributed by atoms with E-state index in [-0.39, 0.29) is 11.8 Å². The molecule has 0 aliphatic carbocycles. The Kier molecular flexibility index (Phi) is 4.85. The zero-order valence-corrected chi connectivity index (χ0v) is 11.5. The van der Waals surface area contributed by atoms with E-state index in [0.717, 1.165) is 12.0 Å². The van der Waals surface area contributed by atoms with Crippen molar-refractivity contribution in [2.24, 2.45) is 0 Å². The first-order valence-corrected chi connectivity index (χ1v) is 6.98. The number of amides is 2. The van der Waals surface area contributed by atoms with Gasteiger partial charge in [-0.15, -0.1) is 0 Å². The summed E-state index contributed by atoms with van der Waals surface area (Å²) in [6, 6.07) is 9.31. The van der Waals surface area contributed by atoms with Crippen LogP contribution in [0.3, 0.4) is 0 Å². The minimum atomic E-state index is -0.433. The van der Waals surface area contributed by atoms with Gasteiger partial charge in [0.25, 0.3) is 0 Å². The molecule has 4 nitrogen and oxygen atoms in total. The van der Waals surface area contributed by atoms with Crippen LogP contribution < -0.4 is 10.6 Å². The molecule has 1 fully saturated rings. The quantitative estimate of drug-likeness (QED) is 0.717. The molecule has 2 rings (SSSR count). The van der Waals surface area contributed by atoms with Crippen LogP contribution in [0, 0.1) is 0 Å². The van der Waals surface area contributed by atoms with Crippen LogP contribution in [0.4, 0.5) is 0 Å². The molecule has 1 saturated heterocycles. The fourth-order valence-corrected chi connectivity index (χ4v) is 2.39. The standard InChI is InChI=1S/C14H18N2O2S/c17-13-11(7-4-8-15-13)16-14(18)12(19)9-10-5-2-1-3-6-10/h1-3,5-6,11-12,19H,4,7-9H2,(H,15,17)(H,16,18). The van der Waals surface area contributed by atoms with E-state index in [1.807, 2.05) is 30.3 Å². The Morgan fingerprint density at radius 3 is 2.84 bits per heavy atom. The summed E-state index contributed by atoms with van der Waals surface area (Å²) in [5, 5.41) is 5.08. The Hall–Kier alpha value is -1.49. The fourth-order valence-electron chi connectivity index (χ4n) is 2.11. The second-order valence-corrected chi connectivity index (χ2v) is 5.32. The van der Waals surface area contributed by atoms with Crippen molar-refractivity contribution in [1.29, 1.82) is 0 Å². The molecule has 19 heavy (non-hydrogen) atoms. The molecule has 1 heterocycles. The summed E-state index contributed by atoms with van der Waals surface area (Å²) in [6.07, 6.45) is 2.15. The molecule has 2 atom stereocenters. The van der Waals surface area contributed by atoms with Crippen molar-refractivity contribution in [2.75, 3.05) is 6.54 Å². The predicted octanol–water partition coefficient (Wildman–Crippen LogP) is 0.922. The topological polar surface area (TPSA) is 58.2 Å². The van der Waals surface area contributed by atoms with E-state index in [0.29, 0.717) is 19.4 Å². The van der Waals surface area contributed by atoms with Crippen molar-refractivity contribution < 1.29 is 9.59 Å². The van der Waals surface area contributed by atoms with Crippen molar-refractivity contribution >= 4 is 24.4 Å². The third-order valence-electron chi connectivity index (χ3n) is 3.18. The first-order chi connectivity index (χ1) is 9.16. The van der Waals surface area contributed by atoms with Gasteiger partial charge in [-0.25, -0.2) is 0 Å². The average Bonchev–Trinajstić information content (AvgIpc) is 2.42. The summed E-state index contributed by atoms with van der Waals surface area (Å²) in [7, 11) is 0. The van der Waals surface area contributed by atoms with Gasteiger partial charge in [-0.05, 0) is 24.8 Å². The lowest BCUT2D eigenvalue weighted by atomic mass is 10.1. The predicted molar refractivity (Wildman–Crippen MR) is 77.1 cm³/mol. The average molecular weight is 278 g/mol. The second-order valence-electron chi connectivity index (χ2n) is 4.70. The molecule has 0 saturated carbocycles. The summed E-state index contributed by atoms with van der Waals surface area (Å²) < 4.78 is 0. The van der Waals surface area contributed by atoms with Gasteiger partial charge in [0.05, 0.1) is 5.25 Å². The van der Waals surface area contributed by atoms with Crippen LogP contribution in [0.15, 0.2) is 30.3 Å². The van der Waals surface area contributed by atoms with E-state index in [4.69, 9.17) is 0 Å². The molecule has 0 radical (unpaired) electrons. The van der Waals surface area contributed by atoms with Gasteiger partial charge in [0, 0.05) is 6.54 Å². The third-order valence-corrected chi connectivity index (χ3v) is 3.59. The van der Waals surface area contributed by atoms with Crippen LogP contribution in [0.25, 0.3) is 0 Å². The van der Waals surface area contributed by atoms with E-state index in [1.54, 1.807) is 0 Å². The molecule has 2 amide bonds. The van der Waals surface area contributed by atoms with Crippen LogP contribution in [-0.2, 0) is 16.0 Å². The molecule has 1 aromatic carbocycles. The van der Waals surface area contributed by atoms with Gasteiger partial charge in [0.1, 0.15) is 6.04 Å². The number of nitrogens with one attached hydrogen (secondary N) is 2. The summed E-state index contributed by atoms with van der Waals surface area (Å²) in [6.45, 7) is 0.694. The van der Waals surface area contributed by atoms with Crippen LogP contribution in [0.5, 0.6) is 0 Å². The largest absolute Gasteiger partial charge is 0.354 e.